The first-order chi connectivity index (χ1) is 16.0. The van der Waals surface area contributed by atoms with Gasteiger partial charge in [-0.1, -0.05) is 48.4 Å². The molecule has 0 bridgehead atoms. The standard InChI is InChI=1S/C26H31N3O4/c1-18-6-10-20(11-7-18)23(26(32)28-22-14-15-22)17-19-8-12-21(13-9-19)25(31)27-16-4-2-3-5-24(30)29-33/h6-13,17,22,33H,2-5,14-16H2,1H3,(H,27,31)(H,28,32)(H,29,30)/b23-17-. The fourth-order valence-electron chi connectivity index (χ4n) is 3.35. The van der Waals surface area contributed by atoms with Gasteiger partial charge in [-0.2, -0.15) is 0 Å². The molecule has 33 heavy (non-hydrogen) atoms. The largest absolute Gasteiger partial charge is 0.352 e. The summed E-state index contributed by atoms with van der Waals surface area (Å²) in [6, 6.07) is 15.3. The highest BCUT2D eigenvalue weighted by Crippen LogP contribution is 2.24. The number of hydrogen-bond acceptors (Lipinski definition) is 4. The van der Waals surface area contributed by atoms with Gasteiger partial charge in [-0.05, 0) is 61.9 Å². The van der Waals surface area contributed by atoms with Crippen molar-refractivity contribution in [2.24, 2.45) is 0 Å². The van der Waals surface area contributed by atoms with E-state index in [1.807, 2.05) is 49.4 Å². The van der Waals surface area contributed by atoms with Crippen LogP contribution in [0, 0.1) is 6.92 Å². The maximum atomic E-state index is 12.8. The molecule has 174 valence electrons. The summed E-state index contributed by atoms with van der Waals surface area (Å²) in [6.07, 6.45) is 6.35. The maximum absolute atomic E-state index is 12.8. The third-order valence-electron chi connectivity index (χ3n) is 5.49. The molecule has 3 rings (SSSR count). The van der Waals surface area contributed by atoms with Crippen LogP contribution in [0.25, 0.3) is 11.6 Å². The average molecular weight is 450 g/mol. The molecule has 0 radical (unpaired) electrons. The van der Waals surface area contributed by atoms with Crippen LogP contribution in [0.3, 0.4) is 0 Å². The van der Waals surface area contributed by atoms with Gasteiger partial charge in [0.2, 0.25) is 5.91 Å². The van der Waals surface area contributed by atoms with Crippen LogP contribution in [0.15, 0.2) is 48.5 Å². The van der Waals surface area contributed by atoms with Gasteiger partial charge in [0.05, 0.1) is 0 Å². The summed E-state index contributed by atoms with van der Waals surface area (Å²) in [4.78, 5) is 36.2. The molecule has 4 N–H and O–H groups in total. The first kappa shape index (κ1) is 24.2. The summed E-state index contributed by atoms with van der Waals surface area (Å²) in [7, 11) is 0. The van der Waals surface area contributed by atoms with Gasteiger partial charge in [-0.3, -0.25) is 19.6 Å². The zero-order valence-corrected chi connectivity index (χ0v) is 18.9. The first-order valence-electron chi connectivity index (χ1n) is 11.4. The Morgan fingerprint density at radius 3 is 2.24 bits per heavy atom. The van der Waals surface area contributed by atoms with Crippen molar-refractivity contribution in [1.82, 2.24) is 16.1 Å². The van der Waals surface area contributed by atoms with E-state index in [2.05, 4.69) is 10.6 Å². The third-order valence-corrected chi connectivity index (χ3v) is 5.49. The summed E-state index contributed by atoms with van der Waals surface area (Å²) in [5, 5.41) is 14.4. The lowest BCUT2D eigenvalue weighted by Crippen LogP contribution is -2.26. The quantitative estimate of drug-likeness (QED) is 0.138. The van der Waals surface area contributed by atoms with Crippen molar-refractivity contribution in [2.45, 2.75) is 51.5 Å². The number of amides is 3. The number of carbonyl (C=O) groups excluding carboxylic acids is 3. The number of carbonyl (C=O) groups is 3. The molecular formula is C26H31N3O4. The van der Waals surface area contributed by atoms with E-state index < -0.39 is 5.91 Å². The van der Waals surface area contributed by atoms with Crippen LogP contribution in [-0.4, -0.2) is 35.5 Å². The van der Waals surface area contributed by atoms with Crippen LogP contribution < -0.4 is 16.1 Å². The van der Waals surface area contributed by atoms with Crippen LogP contribution >= 0.6 is 0 Å². The number of rotatable bonds is 11. The first-order valence-corrected chi connectivity index (χ1v) is 11.4. The number of aryl methyl sites for hydroxylation is 1. The summed E-state index contributed by atoms with van der Waals surface area (Å²) in [6.45, 7) is 2.52. The van der Waals surface area contributed by atoms with E-state index in [1.165, 1.54) is 0 Å². The van der Waals surface area contributed by atoms with E-state index in [-0.39, 0.29) is 24.3 Å². The highest BCUT2D eigenvalue weighted by atomic mass is 16.5. The lowest BCUT2D eigenvalue weighted by molar-refractivity contribution is -0.129. The average Bonchev–Trinajstić information content (AvgIpc) is 3.64. The SMILES string of the molecule is Cc1ccc(/C(=C/c2ccc(C(=O)NCCCCCC(=O)NO)cc2)C(=O)NC2CC2)cc1. The van der Waals surface area contributed by atoms with E-state index >= 15 is 0 Å². The number of nitrogens with one attached hydrogen (secondary N) is 3. The monoisotopic (exact) mass is 449 g/mol. The van der Waals surface area contributed by atoms with Crippen molar-refractivity contribution in [3.63, 3.8) is 0 Å². The molecule has 0 saturated heterocycles. The van der Waals surface area contributed by atoms with Gasteiger partial charge in [-0.25, -0.2) is 5.48 Å². The molecule has 0 unspecified atom stereocenters. The molecule has 7 nitrogen and oxygen atoms in total. The minimum Gasteiger partial charge on any atom is -0.352 e. The number of hydroxylamine groups is 1. The zero-order chi connectivity index (χ0) is 23.6. The van der Waals surface area contributed by atoms with Gasteiger partial charge in [-0.15, -0.1) is 0 Å². The lowest BCUT2D eigenvalue weighted by Gasteiger charge is -2.10. The smallest absolute Gasteiger partial charge is 0.252 e. The van der Waals surface area contributed by atoms with E-state index in [1.54, 1.807) is 17.6 Å². The van der Waals surface area contributed by atoms with E-state index in [0.717, 1.165) is 42.4 Å². The molecule has 1 fully saturated rings. The predicted octanol–water partition coefficient (Wildman–Crippen LogP) is 3.61. The fourth-order valence-corrected chi connectivity index (χ4v) is 3.35. The van der Waals surface area contributed by atoms with Crippen molar-refractivity contribution >= 4 is 29.4 Å². The maximum Gasteiger partial charge on any atom is 0.252 e. The summed E-state index contributed by atoms with van der Waals surface area (Å²) < 4.78 is 0. The van der Waals surface area contributed by atoms with Gasteiger partial charge in [0, 0.05) is 30.1 Å². The molecule has 1 aliphatic carbocycles. The van der Waals surface area contributed by atoms with E-state index in [0.29, 0.717) is 24.1 Å². The predicted molar refractivity (Wildman–Crippen MR) is 127 cm³/mol. The van der Waals surface area contributed by atoms with Crippen molar-refractivity contribution in [1.29, 1.82) is 0 Å². The molecule has 2 aromatic rings. The Hall–Kier alpha value is -3.45. The topological polar surface area (TPSA) is 108 Å². The molecule has 3 amide bonds. The molecule has 1 saturated carbocycles. The molecule has 1 aliphatic rings. The Labute approximate surface area is 194 Å². The van der Waals surface area contributed by atoms with Gasteiger partial charge < -0.3 is 10.6 Å². The second-order valence-electron chi connectivity index (χ2n) is 8.40. The minimum atomic E-state index is -0.399. The van der Waals surface area contributed by atoms with Crippen LogP contribution in [-0.2, 0) is 9.59 Å². The second kappa shape index (κ2) is 12.0. The van der Waals surface area contributed by atoms with Crippen molar-refractivity contribution < 1.29 is 19.6 Å². The second-order valence-corrected chi connectivity index (χ2v) is 8.40. The molecular weight excluding hydrogens is 418 g/mol. The van der Waals surface area contributed by atoms with Crippen LogP contribution in [0.1, 0.15) is 65.6 Å². The molecule has 0 heterocycles. The Bertz CT molecular complexity index is 993. The minimum absolute atomic E-state index is 0.0837. The Morgan fingerprint density at radius 2 is 1.61 bits per heavy atom. The van der Waals surface area contributed by atoms with Crippen molar-refractivity contribution in [3.05, 3.63) is 70.8 Å². The number of benzene rings is 2. The van der Waals surface area contributed by atoms with Crippen LogP contribution in [0.5, 0.6) is 0 Å². The van der Waals surface area contributed by atoms with Crippen molar-refractivity contribution in [3.8, 4) is 0 Å². The molecule has 0 atom stereocenters. The normalized spacial score (nSPS) is 13.3. The highest BCUT2D eigenvalue weighted by molar-refractivity contribution is 6.24. The van der Waals surface area contributed by atoms with Gasteiger partial charge in [0.25, 0.3) is 11.8 Å². The van der Waals surface area contributed by atoms with Gasteiger partial charge in [0.1, 0.15) is 0 Å². The zero-order valence-electron chi connectivity index (χ0n) is 18.9. The number of unbranched alkanes of at least 4 members (excludes halogenated alkanes) is 2. The number of hydrogen-bond donors (Lipinski definition) is 4. The molecule has 0 aliphatic heterocycles. The van der Waals surface area contributed by atoms with E-state index in [9.17, 15) is 14.4 Å². The molecule has 7 heteroatoms. The molecule has 0 aromatic heterocycles. The van der Waals surface area contributed by atoms with Gasteiger partial charge in [0.15, 0.2) is 0 Å². The van der Waals surface area contributed by atoms with Crippen LogP contribution in [0.2, 0.25) is 0 Å². The highest BCUT2D eigenvalue weighted by Gasteiger charge is 2.25. The molecule has 0 spiro atoms. The third kappa shape index (κ3) is 7.88. The van der Waals surface area contributed by atoms with E-state index in [4.69, 9.17) is 5.21 Å². The summed E-state index contributed by atoms with van der Waals surface area (Å²) >= 11 is 0. The Kier molecular flexibility index (Phi) is 8.78. The van der Waals surface area contributed by atoms with Crippen molar-refractivity contribution in [2.75, 3.05) is 6.54 Å². The fraction of sp³-hybridized carbons (Fsp3) is 0.346. The Morgan fingerprint density at radius 1 is 0.939 bits per heavy atom. The lowest BCUT2D eigenvalue weighted by atomic mass is 10.00. The molecule has 2 aromatic carbocycles. The van der Waals surface area contributed by atoms with Crippen LogP contribution in [0.4, 0.5) is 0 Å². The Balaban J connectivity index is 1.59. The summed E-state index contributed by atoms with van der Waals surface area (Å²) in [5.74, 6) is -0.646. The van der Waals surface area contributed by atoms with Gasteiger partial charge >= 0.3 is 0 Å². The summed E-state index contributed by atoms with van der Waals surface area (Å²) in [5.41, 5.74) is 5.59.